The molecule has 26 heavy (non-hydrogen) atoms. The molecule has 0 atom stereocenters. The van der Waals surface area contributed by atoms with Crippen LogP contribution in [0.5, 0.6) is 0 Å². The highest BCUT2D eigenvalue weighted by atomic mass is 35.5. The molecular formula is C18H20ClN5OS. The van der Waals surface area contributed by atoms with Gasteiger partial charge in [-0.05, 0) is 31.2 Å². The van der Waals surface area contributed by atoms with Gasteiger partial charge in [-0.25, -0.2) is 4.98 Å². The fourth-order valence-electron chi connectivity index (χ4n) is 3.41. The first-order valence-corrected chi connectivity index (χ1v) is 9.94. The first kappa shape index (κ1) is 17.3. The molecule has 0 saturated carbocycles. The molecule has 0 aliphatic heterocycles. The van der Waals surface area contributed by atoms with Crippen molar-refractivity contribution in [1.82, 2.24) is 19.3 Å². The minimum atomic E-state index is 0.0268. The summed E-state index contributed by atoms with van der Waals surface area (Å²) in [5.74, 6) is 0.583. The molecular weight excluding hydrogens is 370 g/mol. The zero-order valence-corrected chi connectivity index (χ0v) is 15.9. The second-order valence-corrected chi connectivity index (χ2v) is 7.90. The standard InChI is InChI=1S/C18H20ClN5OS/c1-2-8-24-17(25)15-13-5-3-4-6-14(13)26-16(15)22-18(24)20-7-9-23-11-12(19)10-21-23/h2,10-11H,1,3-9H2,(H,20,22). The number of aryl methyl sites for hydroxylation is 2. The largest absolute Gasteiger partial charge is 0.354 e. The highest BCUT2D eigenvalue weighted by molar-refractivity contribution is 7.18. The van der Waals surface area contributed by atoms with Crippen molar-refractivity contribution >= 4 is 39.1 Å². The third-order valence-electron chi connectivity index (χ3n) is 4.61. The fraction of sp³-hybridized carbons (Fsp3) is 0.389. The van der Waals surface area contributed by atoms with Crippen LogP contribution >= 0.6 is 22.9 Å². The van der Waals surface area contributed by atoms with Crippen LogP contribution in [0.25, 0.3) is 10.2 Å². The minimum Gasteiger partial charge on any atom is -0.354 e. The number of aromatic nitrogens is 4. The summed E-state index contributed by atoms with van der Waals surface area (Å²) in [7, 11) is 0. The Kier molecular flexibility index (Phi) is 4.82. The summed E-state index contributed by atoms with van der Waals surface area (Å²) in [6, 6.07) is 0. The van der Waals surface area contributed by atoms with Gasteiger partial charge in [-0.15, -0.1) is 17.9 Å². The molecule has 0 amide bonds. The van der Waals surface area contributed by atoms with E-state index in [1.807, 2.05) is 0 Å². The maximum atomic E-state index is 13.1. The van der Waals surface area contributed by atoms with Crippen molar-refractivity contribution in [3.63, 3.8) is 0 Å². The van der Waals surface area contributed by atoms with E-state index in [2.05, 4.69) is 17.0 Å². The number of thiophene rings is 1. The lowest BCUT2D eigenvalue weighted by Crippen LogP contribution is -2.26. The first-order valence-electron chi connectivity index (χ1n) is 8.75. The van der Waals surface area contributed by atoms with E-state index in [1.54, 1.807) is 39.1 Å². The van der Waals surface area contributed by atoms with Gasteiger partial charge in [0, 0.05) is 24.2 Å². The van der Waals surface area contributed by atoms with Crippen LogP contribution < -0.4 is 10.9 Å². The number of anilines is 1. The van der Waals surface area contributed by atoms with E-state index < -0.39 is 0 Å². The normalized spacial score (nSPS) is 13.7. The summed E-state index contributed by atoms with van der Waals surface area (Å²) in [5.41, 5.74) is 1.24. The molecule has 1 aliphatic carbocycles. The fourth-order valence-corrected chi connectivity index (χ4v) is 4.82. The van der Waals surface area contributed by atoms with Crippen LogP contribution in [-0.2, 0) is 25.9 Å². The van der Waals surface area contributed by atoms with Crippen molar-refractivity contribution in [2.45, 2.75) is 38.8 Å². The van der Waals surface area contributed by atoms with Crippen molar-refractivity contribution in [2.75, 3.05) is 11.9 Å². The molecule has 8 heteroatoms. The summed E-state index contributed by atoms with van der Waals surface area (Å²) in [6.07, 6.45) is 9.48. The van der Waals surface area contributed by atoms with Crippen molar-refractivity contribution in [1.29, 1.82) is 0 Å². The molecule has 1 N–H and O–H groups in total. The van der Waals surface area contributed by atoms with E-state index in [1.165, 1.54) is 16.9 Å². The third kappa shape index (κ3) is 3.17. The van der Waals surface area contributed by atoms with Crippen LogP contribution in [0.15, 0.2) is 29.8 Å². The second-order valence-electron chi connectivity index (χ2n) is 6.38. The highest BCUT2D eigenvalue weighted by Crippen LogP contribution is 2.34. The van der Waals surface area contributed by atoms with E-state index in [9.17, 15) is 4.79 Å². The predicted octanol–water partition coefficient (Wildman–Crippen LogP) is 3.48. The van der Waals surface area contributed by atoms with Crippen molar-refractivity contribution in [2.24, 2.45) is 0 Å². The lowest BCUT2D eigenvalue weighted by molar-refractivity contribution is 0.631. The lowest BCUT2D eigenvalue weighted by Gasteiger charge is -2.13. The van der Waals surface area contributed by atoms with Crippen LogP contribution in [0.4, 0.5) is 5.95 Å². The summed E-state index contributed by atoms with van der Waals surface area (Å²) in [5, 5.41) is 8.85. The monoisotopic (exact) mass is 389 g/mol. The van der Waals surface area contributed by atoms with Crippen LogP contribution in [0.2, 0.25) is 5.02 Å². The quantitative estimate of drug-likeness (QED) is 0.655. The Bertz CT molecular complexity index is 1020. The molecule has 0 spiro atoms. The highest BCUT2D eigenvalue weighted by Gasteiger charge is 2.21. The maximum absolute atomic E-state index is 13.1. The Hall–Kier alpha value is -2.12. The molecule has 3 aromatic heterocycles. The van der Waals surface area contributed by atoms with Gasteiger partial charge in [0.1, 0.15) is 4.83 Å². The average molecular weight is 390 g/mol. The van der Waals surface area contributed by atoms with E-state index in [-0.39, 0.29) is 5.56 Å². The minimum absolute atomic E-state index is 0.0268. The van der Waals surface area contributed by atoms with Crippen LogP contribution in [0.1, 0.15) is 23.3 Å². The molecule has 0 radical (unpaired) electrons. The molecule has 0 saturated heterocycles. The van der Waals surface area contributed by atoms with E-state index in [0.717, 1.165) is 29.5 Å². The molecule has 3 heterocycles. The molecule has 6 nitrogen and oxygen atoms in total. The van der Waals surface area contributed by atoms with E-state index in [4.69, 9.17) is 16.6 Å². The number of fused-ring (bicyclic) bond motifs is 3. The molecule has 3 aromatic rings. The number of halogens is 1. The number of hydrogen-bond acceptors (Lipinski definition) is 5. The Labute approximate surface area is 160 Å². The molecule has 136 valence electrons. The van der Waals surface area contributed by atoms with Gasteiger partial charge in [0.2, 0.25) is 5.95 Å². The molecule has 0 fully saturated rings. The van der Waals surface area contributed by atoms with Gasteiger partial charge in [-0.2, -0.15) is 5.10 Å². The smallest absolute Gasteiger partial charge is 0.264 e. The second kappa shape index (κ2) is 7.25. The van der Waals surface area contributed by atoms with Gasteiger partial charge in [0.15, 0.2) is 0 Å². The topological polar surface area (TPSA) is 64.7 Å². The van der Waals surface area contributed by atoms with Crippen LogP contribution in [0, 0.1) is 0 Å². The van der Waals surface area contributed by atoms with Gasteiger partial charge < -0.3 is 5.32 Å². The van der Waals surface area contributed by atoms with Crippen LogP contribution in [-0.4, -0.2) is 25.9 Å². The summed E-state index contributed by atoms with van der Waals surface area (Å²) < 4.78 is 3.43. The molecule has 1 aliphatic rings. The zero-order chi connectivity index (χ0) is 18.1. The molecule has 0 aromatic carbocycles. The summed E-state index contributed by atoms with van der Waals surface area (Å²) >= 11 is 7.55. The molecule has 4 rings (SSSR count). The van der Waals surface area contributed by atoms with Crippen molar-refractivity contribution < 1.29 is 0 Å². The first-order chi connectivity index (χ1) is 12.7. The lowest BCUT2D eigenvalue weighted by atomic mass is 9.97. The summed E-state index contributed by atoms with van der Waals surface area (Å²) in [6.45, 7) is 5.45. The van der Waals surface area contributed by atoms with Crippen molar-refractivity contribution in [3.8, 4) is 0 Å². The van der Waals surface area contributed by atoms with E-state index in [0.29, 0.717) is 30.6 Å². The molecule has 0 bridgehead atoms. The van der Waals surface area contributed by atoms with Gasteiger partial charge >= 0.3 is 0 Å². The Morgan fingerprint density at radius 1 is 1.38 bits per heavy atom. The van der Waals surface area contributed by atoms with Gasteiger partial charge in [-0.1, -0.05) is 17.7 Å². The number of nitrogens with zero attached hydrogens (tertiary/aromatic N) is 4. The van der Waals surface area contributed by atoms with Gasteiger partial charge in [0.25, 0.3) is 5.56 Å². The number of allylic oxidation sites excluding steroid dienone is 1. The Morgan fingerprint density at radius 3 is 3.00 bits per heavy atom. The number of hydrogen-bond donors (Lipinski definition) is 1. The van der Waals surface area contributed by atoms with Crippen molar-refractivity contribution in [3.05, 3.63) is 50.9 Å². The van der Waals surface area contributed by atoms with Gasteiger partial charge in [-0.3, -0.25) is 14.0 Å². The zero-order valence-electron chi connectivity index (χ0n) is 14.4. The number of nitrogens with one attached hydrogen (secondary N) is 1. The maximum Gasteiger partial charge on any atom is 0.264 e. The molecule has 0 unspecified atom stereocenters. The Balaban J connectivity index is 1.67. The summed E-state index contributed by atoms with van der Waals surface area (Å²) in [4.78, 5) is 20.0. The Morgan fingerprint density at radius 2 is 2.23 bits per heavy atom. The van der Waals surface area contributed by atoms with Crippen LogP contribution in [0.3, 0.4) is 0 Å². The average Bonchev–Trinajstić information content (AvgIpc) is 3.21. The van der Waals surface area contributed by atoms with Gasteiger partial charge in [0.05, 0.1) is 23.2 Å². The van der Waals surface area contributed by atoms with E-state index >= 15 is 0 Å². The SMILES string of the molecule is C=CCn1c(NCCn2cc(Cl)cn2)nc2sc3c(c2c1=O)CCCC3. The third-order valence-corrected chi connectivity index (χ3v) is 5.99. The predicted molar refractivity (Wildman–Crippen MR) is 106 cm³/mol. The number of rotatable bonds is 6.